The van der Waals surface area contributed by atoms with Crippen LogP contribution in [0.25, 0.3) is 16.7 Å². The lowest BCUT2D eigenvalue weighted by atomic mass is 10.3. The SMILES string of the molecule is COc1ccc(-n2ncc3c(Nc4ccccc4SC)ncnc32)cc1. The minimum atomic E-state index is 0.733. The second-order valence-electron chi connectivity index (χ2n) is 5.54. The number of thioether (sulfide) groups is 1. The van der Waals surface area contributed by atoms with E-state index in [1.54, 1.807) is 36.1 Å². The van der Waals surface area contributed by atoms with E-state index in [0.29, 0.717) is 0 Å². The summed E-state index contributed by atoms with van der Waals surface area (Å²) in [6.07, 6.45) is 5.38. The molecule has 4 aromatic rings. The molecule has 0 spiro atoms. The van der Waals surface area contributed by atoms with Gasteiger partial charge in [-0.2, -0.15) is 5.10 Å². The molecule has 0 amide bonds. The van der Waals surface area contributed by atoms with E-state index in [1.807, 2.05) is 42.5 Å². The first kappa shape index (κ1) is 16.4. The predicted molar refractivity (Wildman–Crippen MR) is 105 cm³/mol. The Morgan fingerprint density at radius 3 is 2.62 bits per heavy atom. The number of aromatic nitrogens is 4. The van der Waals surface area contributed by atoms with E-state index < -0.39 is 0 Å². The summed E-state index contributed by atoms with van der Waals surface area (Å²) in [5, 5.41) is 8.76. The number of fused-ring (bicyclic) bond motifs is 1. The van der Waals surface area contributed by atoms with Gasteiger partial charge in [-0.1, -0.05) is 12.1 Å². The van der Waals surface area contributed by atoms with Gasteiger partial charge in [0.25, 0.3) is 0 Å². The van der Waals surface area contributed by atoms with Crippen LogP contribution in [0.1, 0.15) is 0 Å². The summed E-state index contributed by atoms with van der Waals surface area (Å²) >= 11 is 1.69. The van der Waals surface area contributed by atoms with Crippen LogP contribution in [0.15, 0.2) is 66.0 Å². The van der Waals surface area contributed by atoms with Crippen molar-refractivity contribution in [2.24, 2.45) is 0 Å². The summed E-state index contributed by atoms with van der Waals surface area (Å²) in [6.45, 7) is 0. The first-order valence-corrected chi connectivity index (χ1v) is 9.26. The van der Waals surface area contributed by atoms with E-state index in [4.69, 9.17) is 4.74 Å². The molecule has 7 heteroatoms. The lowest BCUT2D eigenvalue weighted by Gasteiger charge is -2.10. The molecule has 1 N–H and O–H groups in total. The third-order valence-corrected chi connectivity index (χ3v) is 4.84. The molecule has 0 unspecified atom stereocenters. The summed E-state index contributed by atoms with van der Waals surface area (Å²) in [5.41, 5.74) is 2.67. The van der Waals surface area contributed by atoms with Crippen LogP contribution in [-0.2, 0) is 0 Å². The van der Waals surface area contributed by atoms with Crippen molar-refractivity contribution in [2.45, 2.75) is 4.90 Å². The molecule has 130 valence electrons. The molecule has 4 rings (SSSR count). The highest BCUT2D eigenvalue weighted by atomic mass is 32.2. The van der Waals surface area contributed by atoms with Gasteiger partial charge in [-0.05, 0) is 42.7 Å². The minimum Gasteiger partial charge on any atom is -0.497 e. The fraction of sp³-hybridized carbons (Fsp3) is 0.105. The van der Waals surface area contributed by atoms with E-state index >= 15 is 0 Å². The Balaban J connectivity index is 1.75. The predicted octanol–water partition coefficient (Wildman–Crippen LogP) is 4.29. The molecule has 0 aliphatic carbocycles. The van der Waals surface area contributed by atoms with Crippen LogP contribution in [0.3, 0.4) is 0 Å². The number of benzene rings is 2. The molecule has 0 fully saturated rings. The van der Waals surface area contributed by atoms with Gasteiger partial charge >= 0.3 is 0 Å². The highest BCUT2D eigenvalue weighted by Crippen LogP contribution is 2.30. The molecule has 0 radical (unpaired) electrons. The van der Waals surface area contributed by atoms with Crippen molar-refractivity contribution in [3.63, 3.8) is 0 Å². The Labute approximate surface area is 155 Å². The normalized spacial score (nSPS) is 10.8. The maximum absolute atomic E-state index is 5.21. The highest BCUT2D eigenvalue weighted by Gasteiger charge is 2.12. The standard InChI is InChI=1S/C19H17N5OS/c1-25-14-9-7-13(8-10-14)24-19-15(11-22-24)18(20-12-21-19)23-16-5-3-4-6-17(16)26-2/h3-12H,1-2H3,(H,20,21,23). The van der Waals surface area contributed by atoms with Crippen molar-refractivity contribution in [1.82, 2.24) is 19.7 Å². The smallest absolute Gasteiger partial charge is 0.168 e. The van der Waals surface area contributed by atoms with Crippen molar-refractivity contribution in [3.05, 3.63) is 61.1 Å². The molecule has 0 aliphatic rings. The monoisotopic (exact) mass is 363 g/mol. The van der Waals surface area contributed by atoms with Crippen LogP contribution in [-0.4, -0.2) is 33.1 Å². The molecule has 0 atom stereocenters. The van der Waals surface area contributed by atoms with E-state index in [-0.39, 0.29) is 0 Å². The largest absolute Gasteiger partial charge is 0.497 e. The van der Waals surface area contributed by atoms with Gasteiger partial charge in [-0.3, -0.25) is 0 Å². The van der Waals surface area contributed by atoms with Gasteiger partial charge in [0.2, 0.25) is 0 Å². The molecule has 2 heterocycles. The molecule has 26 heavy (non-hydrogen) atoms. The van der Waals surface area contributed by atoms with Gasteiger partial charge in [-0.15, -0.1) is 11.8 Å². The fourth-order valence-electron chi connectivity index (χ4n) is 2.73. The zero-order valence-electron chi connectivity index (χ0n) is 14.4. The molecule has 2 aromatic heterocycles. The molecular weight excluding hydrogens is 346 g/mol. The van der Waals surface area contributed by atoms with Crippen LogP contribution in [0.5, 0.6) is 5.75 Å². The van der Waals surface area contributed by atoms with Crippen molar-refractivity contribution < 1.29 is 4.74 Å². The lowest BCUT2D eigenvalue weighted by molar-refractivity contribution is 0.414. The fourth-order valence-corrected chi connectivity index (χ4v) is 3.29. The van der Waals surface area contributed by atoms with Gasteiger partial charge in [0.15, 0.2) is 5.65 Å². The lowest BCUT2D eigenvalue weighted by Crippen LogP contribution is -2.00. The molecule has 0 saturated carbocycles. The number of methoxy groups -OCH3 is 1. The summed E-state index contributed by atoms with van der Waals surface area (Å²) in [4.78, 5) is 9.98. The Bertz CT molecular complexity index is 1050. The van der Waals surface area contributed by atoms with Crippen LogP contribution in [0.4, 0.5) is 11.5 Å². The molecule has 2 aromatic carbocycles. The number of para-hydroxylation sites is 1. The maximum Gasteiger partial charge on any atom is 0.168 e. The zero-order valence-corrected chi connectivity index (χ0v) is 15.2. The quantitative estimate of drug-likeness (QED) is 0.534. The second-order valence-corrected chi connectivity index (χ2v) is 6.39. The molecule has 0 saturated heterocycles. The summed E-state index contributed by atoms with van der Waals surface area (Å²) in [7, 11) is 1.65. The Morgan fingerprint density at radius 2 is 1.85 bits per heavy atom. The first-order valence-electron chi connectivity index (χ1n) is 8.03. The number of hydrogen-bond donors (Lipinski definition) is 1. The van der Waals surface area contributed by atoms with Crippen LogP contribution < -0.4 is 10.1 Å². The summed E-state index contributed by atoms with van der Waals surface area (Å²) < 4.78 is 7.01. The van der Waals surface area contributed by atoms with Gasteiger partial charge in [0, 0.05) is 4.90 Å². The highest BCUT2D eigenvalue weighted by molar-refractivity contribution is 7.98. The van der Waals surface area contributed by atoms with Crippen molar-refractivity contribution in [2.75, 3.05) is 18.7 Å². The van der Waals surface area contributed by atoms with E-state index in [0.717, 1.165) is 38.9 Å². The van der Waals surface area contributed by atoms with E-state index in [1.165, 1.54) is 0 Å². The number of rotatable bonds is 5. The third-order valence-electron chi connectivity index (χ3n) is 4.04. The number of nitrogens with one attached hydrogen (secondary N) is 1. The number of ether oxygens (including phenoxy) is 1. The Kier molecular flexibility index (Phi) is 4.45. The summed E-state index contributed by atoms with van der Waals surface area (Å²) in [5.74, 6) is 1.53. The van der Waals surface area contributed by atoms with Crippen LogP contribution >= 0.6 is 11.8 Å². The average molecular weight is 363 g/mol. The van der Waals surface area contributed by atoms with Crippen LogP contribution in [0.2, 0.25) is 0 Å². The second kappa shape index (κ2) is 7.05. The topological polar surface area (TPSA) is 64.9 Å². The number of hydrogen-bond acceptors (Lipinski definition) is 6. The zero-order chi connectivity index (χ0) is 17.9. The molecular formula is C19H17N5OS. The molecule has 6 nitrogen and oxygen atoms in total. The van der Waals surface area contributed by atoms with E-state index in [9.17, 15) is 0 Å². The third kappa shape index (κ3) is 2.97. The number of anilines is 2. The Morgan fingerprint density at radius 1 is 1.04 bits per heavy atom. The summed E-state index contributed by atoms with van der Waals surface area (Å²) in [6, 6.07) is 15.8. The first-order chi connectivity index (χ1) is 12.8. The van der Waals surface area contributed by atoms with Gasteiger partial charge in [0.1, 0.15) is 17.9 Å². The van der Waals surface area contributed by atoms with Gasteiger partial charge in [0.05, 0.1) is 30.1 Å². The average Bonchev–Trinajstić information content (AvgIpc) is 3.14. The van der Waals surface area contributed by atoms with Crippen molar-refractivity contribution in [3.8, 4) is 11.4 Å². The van der Waals surface area contributed by atoms with Gasteiger partial charge in [-0.25, -0.2) is 14.6 Å². The Hall–Kier alpha value is -3.06. The maximum atomic E-state index is 5.21. The number of nitrogens with zero attached hydrogens (tertiary/aromatic N) is 4. The van der Waals surface area contributed by atoms with Crippen molar-refractivity contribution >= 4 is 34.3 Å². The van der Waals surface area contributed by atoms with Crippen molar-refractivity contribution in [1.29, 1.82) is 0 Å². The van der Waals surface area contributed by atoms with Crippen LogP contribution in [0, 0.1) is 0 Å². The minimum absolute atomic E-state index is 0.733. The molecule has 0 bridgehead atoms. The van der Waals surface area contributed by atoms with Gasteiger partial charge < -0.3 is 10.1 Å². The van der Waals surface area contributed by atoms with E-state index in [2.05, 4.69) is 32.7 Å². The molecule has 0 aliphatic heterocycles.